The van der Waals surface area contributed by atoms with E-state index in [0.29, 0.717) is 5.33 Å². The molecule has 9 heteroatoms. The summed E-state index contributed by atoms with van der Waals surface area (Å²) in [6, 6.07) is 0. The van der Waals surface area contributed by atoms with Gasteiger partial charge in [-0.1, -0.05) is 15.9 Å². The predicted octanol–water partition coefficient (Wildman–Crippen LogP) is 1.57. The molecule has 0 saturated carbocycles. The molecule has 0 aromatic rings. The molecule has 4 nitrogen and oxygen atoms in total. The van der Waals surface area contributed by atoms with E-state index in [2.05, 4.69) is 24.3 Å². The van der Waals surface area contributed by atoms with Crippen molar-refractivity contribution in [2.24, 2.45) is 0 Å². The van der Waals surface area contributed by atoms with E-state index in [1.54, 1.807) is 0 Å². The zero-order valence-electron chi connectivity index (χ0n) is 6.17. The third kappa shape index (κ3) is 8.47. The Hall–Kier alpha value is 0.140. The van der Waals surface area contributed by atoms with Crippen molar-refractivity contribution in [1.29, 1.82) is 0 Å². The van der Waals surface area contributed by atoms with Gasteiger partial charge in [0.25, 0.3) is 0 Å². The molecular formula is C4H6BrF3O4S. The van der Waals surface area contributed by atoms with Gasteiger partial charge >= 0.3 is 16.8 Å². The highest BCUT2D eigenvalue weighted by atomic mass is 79.9. The number of alkyl halides is 4. The van der Waals surface area contributed by atoms with Gasteiger partial charge in [0.2, 0.25) is 0 Å². The minimum atomic E-state index is -5.24. The molecule has 0 spiro atoms. The second kappa shape index (κ2) is 5.13. The first-order valence-electron chi connectivity index (χ1n) is 2.99. The standard InChI is InChI=1S/C4H6BrF3O4S/c5-2-1-3-11-13(9,10)12-4(6,7)8/h1-3H2. The van der Waals surface area contributed by atoms with E-state index in [1.165, 1.54) is 0 Å². The van der Waals surface area contributed by atoms with Gasteiger partial charge in [-0.3, -0.25) is 0 Å². The van der Waals surface area contributed by atoms with E-state index in [0.717, 1.165) is 0 Å². The summed E-state index contributed by atoms with van der Waals surface area (Å²) < 4.78 is 61.3. The van der Waals surface area contributed by atoms with Crippen molar-refractivity contribution < 1.29 is 30.0 Å². The van der Waals surface area contributed by atoms with Crippen LogP contribution in [0.1, 0.15) is 6.42 Å². The Labute approximate surface area is 81.5 Å². The molecule has 0 aromatic heterocycles. The van der Waals surface area contributed by atoms with Gasteiger partial charge in [-0.25, -0.2) is 4.18 Å². The van der Waals surface area contributed by atoms with Crippen molar-refractivity contribution in [3.05, 3.63) is 0 Å². The maximum Gasteiger partial charge on any atom is 0.538 e. The summed E-state index contributed by atoms with van der Waals surface area (Å²) in [5.74, 6) is 0. The van der Waals surface area contributed by atoms with Crippen LogP contribution in [0.5, 0.6) is 0 Å². The average Bonchev–Trinajstić information content (AvgIpc) is 1.81. The molecule has 0 unspecified atom stereocenters. The molecule has 0 aromatic carbocycles. The first-order chi connectivity index (χ1) is 5.77. The molecular weight excluding hydrogens is 281 g/mol. The molecule has 0 aliphatic carbocycles. The van der Waals surface area contributed by atoms with Crippen LogP contribution in [-0.2, 0) is 18.8 Å². The number of halogens is 4. The molecule has 0 atom stereocenters. The second-order valence-corrected chi connectivity index (χ2v) is 3.81. The van der Waals surface area contributed by atoms with Gasteiger partial charge in [-0.05, 0) is 6.42 Å². The van der Waals surface area contributed by atoms with Crippen LogP contribution in [0.25, 0.3) is 0 Å². The van der Waals surface area contributed by atoms with E-state index in [-0.39, 0.29) is 13.0 Å². The first-order valence-corrected chi connectivity index (χ1v) is 5.45. The fraction of sp³-hybridized carbons (Fsp3) is 1.00. The molecule has 0 N–H and O–H groups in total. The van der Waals surface area contributed by atoms with Crippen LogP contribution >= 0.6 is 15.9 Å². The zero-order chi connectivity index (χ0) is 10.5. The lowest BCUT2D eigenvalue weighted by Gasteiger charge is -2.06. The third-order valence-electron chi connectivity index (χ3n) is 0.702. The molecule has 0 rings (SSSR count). The molecule has 0 bridgehead atoms. The summed E-state index contributed by atoms with van der Waals surface area (Å²) in [6.07, 6.45) is -4.98. The molecule has 0 fully saturated rings. The lowest BCUT2D eigenvalue weighted by Crippen LogP contribution is -2.21. The fourth-order valence-corrected chi connectivity index (χ4v) is 1.19. The second-order valence-electron chi connectivity index (χ2n) is 1.80. The highest BCUT2D eigenvalue weighted by molar-refractivity contribution is 9.09. The largest absolute Gasteiger partial charge is 0.538 e. The normalized spacial score (nSPS) is 13.2. The SMILES string of the molecule is O=S(=O)(OCCCBr)OC(F)(F)F. The smallest absolute Gasteiger partial charge is 0.248 e. The van der Waals surface area contributed by atoms with E-state index < -0.39 is 16.8 Å². The highest BCUT2D eigenvalue weighted by Crippen LogP contribution is 2.20. The van der Waals surface area contributed by atoms with Crippen LogP contribution in [-0.4, -0.2) is 26.7 Å². The van der Waals surface area contributed by atoms with E-state index >= 15 is 0 Å². The minimum absolute atomic E-state index is 0.264. The molecule has 0 heterocycles. The van der Waals surface area contributed by atoms with Crippen LogP contribution in [0.4, 0.5) is 13.2 Å². The first kappa shape index (κ1) is 13.1. The Morgan fingerprint density at radius 3 is 2.23 bits per heavy atom. The Morgan fingerprint density at radius 1 is 1.31 bits per heavy atom. The number of hydrogen-bond acceptors (Lipinski definition) is 4. The Bertz CT molecular complexity index is 236. The van der Waals surface area contributed by atoms with Crippen molar-refractivity contribution in [2.45, 2.75) is 12.8 Å². The lowest BCUT2D eigenvalue weighted by atomic mass is 10.5. The lowest BCUT2D eigenvalue weighted by molar-refractivity contribution is -0.275. The topological polar surface area (TPSA) is 52.6 Å². The van der Waals surface area contributed by atoms with Gasteiger partial charge < -0.3 is 0 Å². The van der Waals surface area contributed by atoms with Crippen LogP contribution in [0.2, 0.25) is 0 Å². The quantitative estimate of drug-likeness (QED) is 0.569. The summed E-state index contributed by atoms with van der Waals surface area (Å²) in [5, 5.41) is 0.425. The third-order valence-corrected chi connectivity index (χ3v) is 2.11. The van der Waals surface area contributed by atoms with E-state index in [4.69, 9.17) is 0 Å². The molecule has 0 amide bonds. The highest BCUT2D eigenvalue weighted by Gasteiger charge is 2.37. The van der Waals surface area contributed by atoms with Crippen LogP contribution in [0.15, 0.2) is 0 Å². The summed E-state index contributed by atoms with van der Waals surface area (Å²) in [5.41, 5.74) is 0. The maximum atomic E-state index is 11.4. The molecule has 0 radical (unpaired) electrons. The summed E-state index contributed by atoms with van der Waals surface area (Å²) in [4.78, 5) is 0. The maximum absolute atomic E-state index is 11.4. The Balaban J connectivity index is 3.96. The van der Waals surface area contributed by atoms with Crippen LogP contribution < -0.4 is 0 Å². The number of hydrogen-bond donors (Lipinski definition) is 0. The Morgan fingerprint density at radius 2 is 1.85 bits per heavy atom. The minimum Gasteiger partial charge on any atom is -0.248 e. The van der Waals surface area contributed by atoms with Gasteiger partial charge in [0.05, 0.1) is 6.61 Å². The zero-order valence-corrected chi connectivity index (χ0v) is 8.58. The molecule has 0 saturated heterocycles. The monoisotopic (exact) mass is 286 g/mol. The van der Waals surface area contributed by atoms with Gasteiger partial charge in [0, 0.05) is 5.33 Å². The van der Waals surface area contributed by atoms with Gasteiger partial charge in [-0.2, -0.15) is 8.42 Å². The Kier molecular flexibility index (Phi) is 5.18. The number of rotatable bonds is 5. The van der Waals surface area contributed by atoms with Gasteiger partial charge in [0.15, 0.2) is 0 Å². The van der Waals surface area contributed by atoms with Crippen molar-refractivity contribution in [3.8, 4) is 0 Å². The average molecular weight is 287 g/mol. The van der Waals surface area contributed by atoms with Gasteiger partial charge in [0.1, 0.15) is 0 Å². The molecule has 0 aliphatic rings. The molecule has 80 valence electrons. The van der Waals surface area contributed by atoms with Crippen molar-refractivity contribution in [3.63, 3.8) is 0 Å². The van der Waals surface area contributed by atoms with Crippen molar-refractivity contribution >= 4 is 26.3 Å². The summed E-state index contributed by atoms with van der Waals surface area (Å²) in [7, 11) is -4.96. The van der Waals surface area contributed by atoms with Crippen molar-refractivity contribution in [1.82, 2.24) is 0 Å². The summed E-state index contributed by atoms with van der Waals surface area (Å²) in [6.45, 7) is -0.357. The van der Waals surface area contributed by atoms with Crippen LogP contribution in [0, 0.1) is 0 Å². The summed E-state index contributed by atoms with van der Waals surface area (Å²) >= 11 is 2.94. The molecule has 0 aliphatic heterocycles. The van der Waals surface area contributed by atoms with E-state index in [1.807, 2.05) is 0 Å². The predicted molar refractivity (Wildman–Crippen MR) is 40.4 cm³/mol. The van der Waals surface area contributed by atoms with Crippen LogP contribution in [0.3, 0.4) is 0 Å². The van der Waals surface area contributed by atoms with E-state index in [9.17, 15) is 21.6 Å². The molecule has 13 heavy (non-hydrogen) atoms. The fourth-order valence-electron chi connectivity index (χ4n) is 0.355. The van der Waals surface area contributed by atoms with Crippen molar-refractivity contribution in [2.75, 3.05) is 11.9 Å². The van der Waals surface area contributed by atoms with Gasteiger partial charge in [-0.15, -0.1) is 17.4 Å².